The molecular formula is C16H35NO2S. The van der Waals surface area contributed by atoms with E-state index >= 15 is 0 Å². The Morgan fingerprint density at radius 1 is 0.950 bits per heavy atom. The molecule has 1 N–H and O–H groups in total. The second-order valence-corrected chi connectivity index (χ2v) is 8.45. The molecule has 0 fully saturated rings. The van der Waals surface area contributed by atoms with E-state index in [2.05, 4.69) is 26.1 Å². The monoisotopic (exact) mass is 305 g/mol. The fourth-order valence-corrected chi connectivity index (χ4v) is 3.55. The van der Waals surface area contributed by atoms with E-state index in [4.69, 9.17) is 0 Å². The maximum Gasteiger partial charge on any atom is 0.150 e. The van der Waals surface area contributed by atoms with Crippen LogP contribution in [0.3, 0.4) is 0 Å². The van der Waals surface area contributed by atoms with Gasteiger partial charge in [0.1, 0.15) is 9.84 Å². The number of rotatable bonds is 13. The molecular weight excluding hydrogens is 270 g/mol. The van der Waals surface area contributed by atoms with Crippen molar-refractivity contribution in [2.45, 2.75) is 72.6 Å². The molecule has 0 saturated carbocycles. The molecule has 20 heavy (non-hydrogen) atoms. The zero-order valence-corrected chi connectivity index (χ0v) is 14.8. The molecule has 0 heterocycles. The number of hydrogen-bond acceptors (Lipinski definition) is 3. The first-order chi connectivity index (χ1) is 9.45. The van der Waals surface area contributed by atoms with Gasteiger partial charge in [0, 0.05) is 12.3 Å². The molecule has 0 aromatic heterocycles. The molecule has 0 aliphatic heterocycles. The Kier molecular flexibility index (Phi) is 10.6. The van der Waals surface area contributed by atoms with Gasteiger partial charge in [-0.1, -0.05) is 40.5 Å². The van der Waals surface area contributed by atoms with E-state index in [1.807, 2.05) is 0 Å². The molecule has 0 aliphatic rings. The van der Waals surface area contributed by atoms with Crippen LogP contribution < -0.4 is 5.32 Å². The summed E-state index contributed by atoms with van der Waals surface area (Å²) in [4.78, 5) is 0. The maximum atomic E-state index is 11.6. The summed E-state index contributed by atoms with van der Waals surface area (Å²) in [5.74, 6) is 0.625. The van der Waals surface area contributed by atoms with Gasteiger partial charge in [0.15, 0.2) is 0 Å². The second kappa shape index (κ2) is 10.6. The molecule has 1 atom stereocenters. The van der Waals surface area contributed by atoms with Gasteiger partial charge in [-0.15, -0.1) is 0 Å². The predicted molar refractivity (Wildman–Crippen MR) is 89.0 cm³/mol. The van der Waals surface area contributed by atoms with Crippen LogP contribution >= 0.6 is 0 Å². The molecule has 0 aliphatic carbocycles. The molecule has 4 heteroatoms. The standard InChI is InChI=1S/C16H35NO2S/c1-5-9-11-16(7-3,15-17-13-6-2)12-10-14-20(18,19)8-4/h17H,5-15H2,1-4H3. The van der Waals surface area contributed by atoms with Crippen molar-refractivity contribution in [1.29, 1.82) is 0 Å². The lowest BCUT2D eigenvalue weighted by Gasteiger charge is -2.33. The van der Waals surface area contributed by atoms with Crippen LogP contribution in [0.25, 0.3) is 0 Å². The highest BCUT2D eigenvalue weighted by Crippen LogP contribution is 2.33. The van der Waals surface area contributed by atoms with Crippen LogP contribution in [0.15, 0.2) is 0 Å². The van der Waals surface area contributed by atoms with Gasteiger partial charge in [-0.3, -0.25) is 0 Å². The molecule has 0 bridgehead atoms. The third-order valence-electron chi connectivity index (χ3n) is 4.34. The van der Waals surface area contributed by atoms with E-state index in [1.165, 1.54) is 19.3 Å². The van der Waals surface area contributed by atoms with Crippen molar-refractivity contribution < 1.29 is 8.42 Å². The Hall–Kier alpha value is -0.0900. The van der Waals surface area contributed by atoms with E-state index in [0.717, 1.165) is 38.8 Å². The van der Waals surface area contributed by atoms with E-state index in [-0.39, 0.29) is 11.2 Å². The minimum Gasteiger partial charge on any atom is -0.316 e. The van der Waals surface area contributed by atoms with Crippen LogP contribution in [0.5, 0.6) is 0 Å². The van der Waals surface area contributed by atoms with Crippen LogP contribution in [-0.2, 0) is 9.84 Å². The molecule has 0 spiro atoms. The second-order valence-electron chi connectivity index (χ2n) is 5.97. The highest BCUT2D eigenvalue weighted by atomic mass is 32.2. The lowest BCUT2D eigenvalue weighted by atomic mass is 9.76. The van der Waals surface area contributed by atoms with Gasteiger partial charge in [-0.25, -0.2) is 8.42 Å². The van der Waals surface area contributed by atoms with Gasteiger partial charge in [0.2, 0.25) is 0 Å². The third kappa shape index (κ3) is 8.25. The van der Waals surface area contributed by atoms with Crippen molar-refractivity contribution in [3.05, 3.63) is 0 Å². The Balaban J connectivity index is 4.48. The van der Waals surface area contributed by atoms with E-state index in [0.29, 0.717) is 5.75 Å². The molecule has 0 saturated heterocycles. The SMILES string of the molecule is CCCCC(CC)(CCCS(=O)(=O)CC)CNCCC. The Bertz CT molecular complexity index is 327. The lowest BCUT2D eigenvalue weighted by molar-refractivity contribution is 0.210. The fourth-order valence-electron chi connectivity index (χ4n) is 2.67. The maximum absolute atomic E-state index is 11.6. The summed E-state index contributed by atoms with van der Waals surface area (Å²) in [6.45, 7) is 10.5. The summed E-state index contributed by atoms with van der Waals surface area (Å²) in [6, 6.07) is 0. The van der Waals surface area contributed by atoms with Crippen LogP contribution in [0.2, 0.25) is 0 Å². The van der Waals surface area contributed by atoms with Crippen LogP contribution in [-0.4, -0.2) is 33.0 Å². The first-order valence-corrected chi connectivity index (χ1v) is 10.2. The number of sulfone groups is 1. The smallest absolute Gasteiger partial charge is 0.150 e. The van der Waals surface area contributed by atoms with Gasteiger partial charge in [-0.05, 0) is 44.1 Å². The zero-order chi connectivity index (χ0) is 15.5. The molecule has 122 valence electrons. The molecule has 1 unspecified atom stereocenters. The minimum absolute atomic E-state index is 0.273. The summed E-state index contributed by atoms with van der Waals surface area (Å²) < 4.78 is 23.3. The summed E-state index contributed by atoms with van der Waals surface area (Å²) in [6.07, 6.45) is 7.78. The molecule has 0 aromatic rings. The Morgan fingerprint density at radius 3 is 2.10 bits per heavy atom. The summed E-state index contributed by atoms with van der Waals surface area (Å²) in [5.41, 5.74) is 0.286. The normalized spacial score (nSPS) is 15.2. The van der Waals surface area contributed by atoms with Crippen molar-refractivity contribution >= 4 is 9.84 Å². The minimum atomic E-state index is -2.82. The van der Waals surface area contributed by atoms with Gasteiger partial charge >= 0.3 is 0 Å². The molecule has 0 rings (SSSR count). The van der Waals surface area contributed by atoms with Gasteiger partial charge < -0.3 is 5.32 Å². The predicted octanol–water partition coefficient (Wildman–Crippen LogP) is 3.79. The largest absolute Gasteiger partial charge is 0.316 e. The van der Waals surface area contributed by atoms with Crippen molar-refractivity contribution in [2.24, 2.45) is 5.41 Å². The van der Waals surface area contributed by atoms with Gasteiger partial charge in [-0.2, -0.15) is 0 Å². The van der Waals surface area contributed by atoms with Gasteiger partial charge in [0.05, 0.1) is 5.75 Å². The summed E-state index contributed by atoms with van der Waals surface area (Å²) in [7, 11) is -2.82. The van der Waals surface area contributed by atoms with Crippen molar-refractivity contribution in [1.82, 2.24) is 5.32 Å². The first-order valence-electron chi connectivity index (χ1n) is 8.36. The highest BCUT2D eigenvalue weighted by molar-refractivity contribution is 7.91. The Labute approximate surface area is 126 Å². The van der Waals surface area contributed by atoms with E-state index in [1.54, 1.807) is 6.92 Å². The number of unbranched alkanes of at least 4 members (excludes halogenated alkanes) is 1. The number of hydrogen-bond donors (Lipinski definition) is 1. The highest BCUT2D eigenvalue weighted by Gasteiger charge is 2.27. The summed E-state index contributed by atoms with van der Waals surface area (Å²) >= 11 is 0. The Morgan fingerprint density at radius 2 is 1.60 bits per heavy atom. The lowest BCUT2D eigenvalue weighted by Crippen LogP contribution is -2.35. The fraction of sp³-hybridized carbons (Fsp3) is 1.00. The van der Waals surface area contributed by atoms with Crippen LogP contribution in [0.4, 0.5) is 0 Å². The van der Waals surface area contributed by atoms with Crippen molar-refractivity contribution in [2.75, 3.05) is 24.6 Å². The average Bonchev–Trinajstić information content (AvgIpc) is 2.44. The van der Waals surface area contributed by atoms with Crippen molar-refractivity contribution in [3.63, 3.8) is 0 Å². The topological polar surface area (TPSA) is 46.2 Å². The zero-order valence-electron chi connectivity index (χ0n) is 14.0. The average molecular weight is 306 g/mol. The molecule has 0 radical (unpaired) electrons. The van der Waals surface area contributed by atoms with E-state index < -0.39 is 9.84 Å². The number of nitrogens with one attached hydrogen (secondary N) is 1. The summed E-state index contributed by atoms with van der Waals surface area (Å²) in [5, 5.41) is 3.55. The van der Waals surface area contributed by atoms with E-state index in [9.17, 15) is 8.42 Å². The quantitative estimate of drug-likeness (QED) is 0.527. The van der Waals surface area contributed by atoms with Gasteiger partial charge in [0.25, 0.3) is 0 Å². The molecule has 3 nitrogen and oxygen atoms in total. The van der Waals surface area contributed by atoms with Crippen molar-refractivity contribution in [3.8, 4) is 0 Å². The third-order valence-corrected chi connectivity index (χ3v) is 6.13. The molecule has 0 amide bonds. The van der Waals surface area contributed by atoms with Crippen LogP contribution in [0.1, 0.15) is 72.6 Å². The van der Waals surface area contributed by atoms with Crippen LogP contribution in [0, 0.1) is 5.41 Å². The first kappa shape index (κ1) is 19.9. The molecule has 0 aromatic carbocycles.